The summed E-state index contributed by atoms with van der Waals surface area (Å²) in [6.07, 6.45) is 4.69. The lowest BCUT2D eigenvalue weighted by molar-refractivity contribution is 0.0250. The zero-order chi connectivity index (χ0) is 27.4. The van der Waals surface area contributed by atoms with Crippen molar-refractivity contribution in [1.82, 2.24) is 0 Å². The van der Waals surface area contributed by atoms with Gasteiger partial charge in [-0.1, -0.05) is 51.0 Å². The van der Waals surface area contributed by atoms with Crippen molar-refractivity contribution in [2.45, 2.75) is 52.1 Å². The van der Waals surface area contributed by atoms with Gasteiger partial charge in [0, 0.05) is 75.0 Å². The first-order valence-electron chi connectivity index (χ1n) is 13.9. The molecule has 3 aromatic rings. The van der Waals surface area contributed by atoms with Gasteiger partial charge in [-0.3, -0.25) is 0 Å². The van der Waals surface area contributed by atoms with E-state index in [9.17, 15) is 4.79 Å². The molecule has 1 unspecified atom stereocenters. The van der Waals surface area contributed by atoms with Crippen LogP contribution < -0.4 is 14.7 Å². The highest BCUT2D eigenvalue weighted by molar-refractivity contribution is 5.97. The zero-order valence-corrected chi connectivity index (χ0v) is 24.2. The molecule has 0 fully saturated rings. The molecular formula is C33H43N3O2. The Kier molecular flexibility index (Phi) is 8.35. The fourth-order valence-electron chi connectivity index (χ4n) is 5.41. The molecule has 202 valence electrons. The van der Waals surface area contributed by atoms with E-state index in [1.807, 2.05) is 39.2 Å². The monoisotopic (exact) mass is 513 g/mol. The molecule has 5 heteroatoms. The zero-order valence-electron chi connectivity index (χ0n) is 24.2. The second-order valence-corrected chi connectivity index (χ2v) is 10.8. The predicted octanol–water partition coefficient (Wildman–Crippen LogP) is 7.00. The number of rotatable bonds is 11. The van der Waals surface area contributed by atoms with Gasteiger partial charge < -0.3 is 19.4 Å². The Labute approximate surface area is 229 Å². The molecule has 1 atom stereocenters. The first-order valence-corrected chi connectivity index (χ1v) is 13.9. The van der Waals surface area contributed by atoms with E-state index < -0.39 is 5.60 Å². The van der Waals surface area contributed by atoms with Crippen molar-refractivity contribution in [3.05, 3.63) is 88.5 Å². The van der Waals surface area contributed by atoms with Gasteiger partial charge in [0.05, 0.1) is 5.56 Å². The van der Waals surface area contributed by atoms with Gasteiger partial charge in [0.15, 0.2) is 5.60 Å². The number of hydrogen-bond donors (Lipinski definition) is 0. The van der Waals surface area contributed by atoms with Gasteiger partial charge in [0.1, 0.15) is 0 Å². The highest BCUT2D eigenvalue weighted by atomic mass is 16.6. The second kappa shape index (κ2) is 11.5. The summed E-state index contributed by atoms with van der Waals surface area (Å²) in [5, 5.41) is 0. The number of cyclic esters (lactones) is 1. The number of ether oxygens (including phenoxy) is 1. The minimum absolute atomic E-state index is 0.281. The number of benzene rings is 3. The van der Waals surface area contributed by atoms with E-state index >= 15 is 0 Å². The quantitative estimate of drug-likeness (QED) is 0.258. The van der Waals surface area contributed by atoms with Crippen LogP contribution in [-0.2, 0) is 10.3 Å². The van der Waals surface area contributed by atoms with Crippen molar-refractivity contribution in [2.24, 2.45) is 0 Å². The van der Waals surface area contributed by atoms with Crippen LogP contribution in [0.1, 0.15) is 72.1 Å². The fraction of sp³-hybridized carbons (Fsp3) is 0.424. The van der Waals surface area contributed by atoms with Crippen molar-refractivity contribution in [3.63, 3.8) is 0 Å². The molecule has 0 aromatic heterocycles. The highest BCUT2D eigenvalue weighted by Gasteiger charge is 2.49. The van der Waals surface area contributed by atoms with Crippen LogP contribution >= 0.6 is 0 Å². The molecule has 38 heavy (non-hydrogen) atoms. The standard InChI is InChI=1S/C33H43N3O2/c1-8-10-20-36(21-11-9-2)28-17-18-30(24(3)22-28)33(25-12-14-26(15-13-25)34(4)5)31-19-16-27(35(6)7)23-29(31)32(37)38-33/h12-19,22-23H,8-11,20-21H2,1-7H3. The molecule has 0 spiro atoms. The number of carbonyl (C=O) groups excluding carboxylic acids is 1. The van der Waals surface area contributed by atoms with E-state index in [4.69, 9.17) is 4.74 Å². The second-order valence-electron chi connectivity index (χ2n) is 10.8. The molecule has 0 bridgehead atoms. The Balaban J connectivity index is 1.88. The van der Waals surface area contributed by atoms with E-state index in [1.165, 1.54) is 31.4 Å². The van der Waals surface area contributed by atoms with Crippen LogP contribution in [0.3, 0.4) is 0 Å². The Hall–Kier alpha value is -3.47. The Bertz CT molecular complexity index is 1260. The summed E-state index contributed by atoms with van der Waals surface area (Å²) >= 11 is 0. The average molecular weight is 514 g/mol. The number of aryl methyl sites for hydroxylation is 1. The number of unbranched alkanes of at least 4 members (excludes halogenated alkanes) is 2. The fourth-order valence-corrected chi connectivity index (χ4v) is 5.41. The molecule has 4 rings (SSSR count). The Morgan fingerprint density at radius 2 is 1.26 bits per heavy atom. The summed E-state index contributed by atoms with van der Waals surface area (Å²) in [7, 11) is 8.04. The van der Waals surface area contributed by atoms with Gasteiger partial charge >= 0.3 is 5.97 Å². The normalized spacial score (nSPS) is 16.2. The molecule has 3 aromatic carbocycles. The van der Waals surface area contributed by atoms with Gasteiger partial charge in [0.25, 0.3) is 0 Å². The van der Waals surface area contributed by atoms with Gasteiger partial charge in [-0.25, -0.2) is 4.79 Å². The van der Waals surface area contributed by atoms with Crippen LogP contribution in [0, 0.1) is 6.92 Å². The number of hydrogen-bond acceptors (Lipinski definition) is 5. The summed E-state index contributed by atoms with van der Waals surface area (Å²) in [5.74, 6) is -0.281. The lowest BCUT2D eigenvalue weighted by Crippen LogP contribution is -2.31. The summed E-state index contributed by atoms with van der Waals surface area (Å²) in [6.45, 7) is 8.73. The summed E-state index contributed by atoms with van der Waals surface area (Å²) in [5.41, 5.74) is 6.93. The molecule has 0 amide bonds. The van der Waals surface area contributed by atoms with E-state index in [-0.39, 0.29) is 5.97 Å². The lowest BCUT2D eigenvalue weighted by Gasteiger charge is -2.33. The Morgan fingerprint density at radius 1 is 0.711 bits per heavy atom. The third kappa shape index (κ3) is 5.11. The molecule has 0 saturated carbocycles. The third-order valence-corrected chi connectivity index (χ3v) is 7.67. The molecular weight excluding hydrogens is 470 g/mol. The van der Waals surface area contributed by atoms with Crippen molar-refractivity contribution < 1.29 is 9.53 Å². The number of anilines is 3. The van der Waals surface area contributed by atoms with Crippen LogP contribution in [0.15, 0.2) is 60.7 Å². The molecule has 0 N–H and O–H groups in total. The van der Waals surface area contributed by atoms with Crippen molar-refractivity contribution >= 4 is 23.0 Å². The number of esters is 1. The van der Waals surface area contributed by atoms with Crippen LogP contribution in [0.25, 0.3) is 0 Å². The summed E-state index contributed by atoms with van der Waals surface area (Å²) in [4.78, 5) is 20.0. The maximum Gasteiger partial charge on any atom is 0.340 e. The smallest absolute Gasteiger partial charge is 0.340 e. The summed E-state index contributed by atoms with van der Waals surface area (Å²) < 4.78 is 6.45. The molecule has 0 radical (unpaired) electrons. The van der Waals surface area contributed by atoms with Gasteiger partial charge in [-0.05, 0) is 61.7 Å². The lowest BCUT2D eigenvalue weighted by atomic mass is 9.78. The largest absolute Gasteiger partial charge is 0.441 e. The first-order chi connectivity index (χ1) is 18.2. The molecule has 1 heterocycles. The van der Waals surface area contributed by atoms with E-state index in [1.54, 1.807) is 0 Å². The van der Waals surface area contributed by atoms with Gasteiger partial charge in [-0.2, -0.15) is 0 Å². The maximum atomic E-state index is 13.4. The molecule has 1 aliphatic rings. The van der Waals surface area contributed by atoms with Crippen molar-refractivity contribution in [2.75, 3.05) is 56.0 Å². The number of carbonyl (C=O) groups is 1. The van der Waals surface area contributed by atoms with Gasteiger partial charge in [-0.15, -0.1) is 0 Å². The number of fused-ring (bicyclic) bond motifs is 1. The minimum atomic E-state index is -0.998. The maximum absolute atomic E-state index is 13.4. The SMILES string of the molecule is CCCCN(CCCC)c1ccc(C2(c3ccc(N(C)C)cc3)OC(=O)c3cc(N(C)C)ccc32)c(C)c1. The van der Waals surface area contributed by atoms with E-state index in [2.05, 4.69) is 85.2 Å². The molecule has 1 aliphatic heterocycles. The van der Waals surface area contributed by atoms with Crippen LogP contribution in [0.2, 0.25) is 0 Å². The van der Waals surface area contributed by atoms with Crippen LogP contribution in [-0.4, -0.2) is 47.2 Å². The third-order valence-electron chi connectivity index (χ3n) is 7.67. The predicted molar refractivity (Wildman–Crippen MR) is 160 cm³/mol. The Morgan fingerprint density at radius 3 is 1.82 bits per heavy atom. The van der Waals surface area contributed by atoms with Crippen LogP contribution in [0.5, 0.6) is 0 Å². The van der Waals surface area contributed by atoms with Crippen molar-refractivity contribution in [1.29, 1.82) is 0 Å². The minimum Gasteiger partial charge on any atom is -0.441 e. The van der Waals surface area contributed by atoms with E-state index in [0.29, 0.717) is 5.56 Å². The van der Waals surface area contributed by atoms with Crippen LogP contribution in [0.4, 0.5) is 17.1 Å². The molecule has 0 aliphatic carbocycles. The average Bonchev–Trinajstić information content (AvgIpc) is 3.21. The molecule has 0 saturated heterocycles. The topological polar surface area (TPSA) is 36.0 Å². The van der Waals surface area contributed by atoms with E-state index in [0.717, 1.165) is 46.7 Å². The van der Waals surface area contributed by atoms with Gasteiger partial charge in [0.2, 0.25) is 0 Å². The number of nitrogens with zero attached hydrogens (tertiary/aromatic N) is 3. The van der Waals surface area contributed by atoms with Crippen molar-refractivity contribution in [3.8, 4) is 0 Å². The highest BCUT2D eigenvalue weighted by Crippen LogP contribution is 2.49. The summed E-state index contributed by atoms with van der Waals surface area (Å²) in [6, 6.07) is 21.1. The molecule has 5 nitrogen and oxygen atoms in total. The first kappa shape index (κ1) is 27.6.